The molecule has 0 aromatic heterocycles. The molecule has 0 fully saturated rings. The van der Waals surface area contributed by atoms with Crippen molar-refractivity contribution >= 4 is 10.8 Å². The number of hydrogen-bond acceptors (Lipinski definition) is 2. The molecule has 0 aliphatic carbocycles. The third-order valence-corrected chi connectivity index (χ3v) is 6.03. The maximum absolute atomic E-state index is 15.2. The van der Waals surface area contributed by atoms with Gasteiger partial charge in [-0.15, -0.1) is 0 Å². The largest absolute Gasteiger partial charge is 0.385 e. The van der Waals surface area contributed by atoms with Gasteiger partial charge in [0.25, 0.3) is 0 Å². The van der Waals surface area contributed by atoms with Crippen LogP contribution in [0.2, 0.25) is 0 Å². The average molecular weight is 460 g/mol. The summed E-state index contributed by atoms with van der Waals surface area (Å²) >= 11 is 0. The lowest BCUT2D eigenvalue weighted by Gasteiger charge is -2.11. The van der Waals surface area contributed by atoms with Crippen molar-refractivity contribution in [3.05, 3.63) is 106 Å². The second kappa shape index (κ2) is 10.5. The number of rotatable bonds is 8. The summed E-state index contributed by atoms with van der Waals surface area (Å²) in [5.74, 6) is -1.20. The Morgan fingerprint density at radius 1 is 0.794 bits per heavy atom. The van der Waals surface area contributed by atoms with E-state index in [9.17, 15) is 8.78 Å². The van der Waals surface area contributed by atoms with Crippen molar-refractivity contribution in [3.8, 4) is 17.2 Å². The fourth-order valence-corrected chi connectivity index (χ4v) is 4.15. The van der Waals surface area contributed by atoms with Crippen LogP contribution in [0.5, 0.6) is 0 Å². The minimum absolute atomic E-state index is 0.00592. The molecule has 0 N–H and O–H groups in total. The van der Waals surface area contributed by atoms with E-state index in [2.05, 4.69) is 0 Å². The normalized spacial score (nSPS) is 11.0. The molecule has 0 spiro atoms. The Kier molecular flexibility index (Phi) is 7.30. The molecule has 2 nitrogen and oxygen atoms in total. The number of hydrogen-bond donors (Lipinski definition) is 0. The summed E-state index contributed by atoms with van der Waals surface area (Å²) in [5.41, 5.74) is 3.30. The van der Waals surface area contributed by atoms with Crippen LogP contribution in [0.15, 0.2) is 66.7 Å². The van der Waals surface area contributed by atoms with Gasteiger partial charge in [-0.05, 0) is 77.6 Å². The number of fused-ring (bicyclic) bond motifs is 1. The van der Waals surface area contributed by atoms with E-state index in [0.29, 0.717) is 52.5 Å². The fraction of sp³-hybridized carbons (Fsp3) is 0.207. The Morgan fingerprint density at radius 2 is 1.56 bits per heavy atom. The second-order valence-electron chi connectivity index (χ2n) is 8.31. The highest BCUT2D eigenvalue weighted by Gasteiger charge is 2.12. The van der Waals surface area contributed by atoms with Crippen LogP contribution in [-0.4, -0.2) is 13.7 Å². The number of ether oxygens (including phenoxy) is 1. The zero-order valence-corrected chi connectivity index (χ0v) is 18.9. The molecule has 0 radical (unpaired) electrons. The molecule has 0 heterocycles. The number of aryl methyl sites for hydroxylation is 3. The zero-order valence-electron chi connectivity index (χ0n) is 18.9. The minimum atomic E-state index is -0.568. The Balaban J connectivity index is 1.54. The topological polar surface area (TPSA) is 33.0 Å². The minimum Gasteiger partial charge on any atom is -0.385 e. The van der Waals surface area contributed by atoms with E-state index in [1.807, 2.05) is 12.1 Å². The average Bonchev–Trinajstić information content (AvgIpc) is 2.84. The van der Waals surface area contributed by atoms with Crippen LogP contribution in [0, 0.1) is 28.8 Å². The molecule has 0 aliphatic heterocycles. The van der Waals surface area contributed by atoms with Gasteiger partial charge in [-0.1, -0.05) is 42.5 Å². The molecule has 4 aromatic carbocycles. The van der Waals surface area contributed by atoms with Gasteiger partial charge in [0.15, 0.2) is 0 Å². The van der Waals surface area contributed by atoms with Crippen molar-refractivity contribution in [2.24, 2.45) is 0 Å². The Hall–Kier alpha value is -3.62. The molecule has 0 atom stereocenters. The van der Waals surface area contributed by atoms with E-state index >= 15 is 4.39 Å². The lowest BCUT2D eigenvalue weighted by atomic mass is 9.96. The van der Waals surface area contributed by atoms with Gasteiger partial charge < -0.3 is 4.74 Å². The van der Waals surface area contributed by atoms with E-state index < -0.39 is 5.82 Å². The van der Waals surface area contributed by atoms with E-state index in [-0.39, 0.29) is 17.2 Å². The van der Waals surface area contributed by atoms with Gasteiger partial charge in [0, 0.05) is 24.7 Å². The number of methoxy groups -OCH3 is 1. The molecule has 0 saturated heterocycles. The zero-order chi connectivity index (χ0) is 24.1. The molecule has 0 aliphatic rings. The molecule has 4 rings (SSSR count). The second-order valence-corrected chi connectivity index (χ2v) is 8.31. The summed E-state index contributed by atoms with van der Waals surface area (Å²) in [6.07, 6.45) is 2.41. The van der Waals surface area contributed by atoms with Gasteiger partial charge in [0.05, 0.1) is 5.56 Å². The third kappa shape index (κ3) is 5.13. The van der Waals surface area contributed by atoms with Crippen LogP contribution in [0.3, 0.4) is 0 Å². The summed E-state index contributed by atoms with van der Waals surface area (Å²) in [7, 11) is 1.64. The number of nitrogens with zero attached hydrogens (tertiary/aromatic N) is 1. The molecule has 34 heavy (non-hydrogen) atoms. The highest BCUT2D eigenvalue weighted by atomic mass is 19.1. The van der Waals surface area contributed by atoms with Crippen molar-refractivity contribution in [2.45, 2.75) is 25.7 Å². The molecule has 4 aromatic rings. The molecule has 5 heteroatoms. The lowest BCUT2D eigenvalue weighted by Crippen LogP contribution is -1.97. The summed E-state index contributed by atoms with van der Waals surface area (Å²) in [6, 6.07) is 20.2. The molecular formula is C29H24F3NO. The number of nitriles is 1. The van der Waals surface area contributed by atoms with Gasteiger partial charge in [0.1, 0.15) is 23.5 Å². The van der Waals surface area contributed by atoms with Gasteiger partial charge in [-0.2, -0.15) is 5.26 Å². The van der Waals surface area contributed by atoms with Crippen LogP contribution < -0.4 is 0 Å². The van der Waals surface area contributed by atoms with E-state index in [4.69, 9.17) is 10.00 Å². The SMILES string of the molecule is COCCCc1ccc(-c2ccc3c(F)c(CCc4ccc(C#N)c(F)c4)ccc3c2)c(F)c1. The van der Waals surface area contributed by atoms with Crippen molar-refractivity contribution in [2.75, 3.05) is 13.7 Å². The maximum Gasteiger partial charge on any atom is 0.141 e. The van der Waals surface area contributed by atoms with Crippen LogP contribution >= 0.6 is 0 Å². The van der Waals surface area contributed by atoms with Crippen molar-refractivity contribution in [3.63, 3.8) is 0 Å². The first-order chi connectivity index (χ1) is 16.5. The number of halogens is 3. The summed E-state index contributed by atoms with van der Waals surface area (Å²) in [4.78, 5) is 0. The first-order valence-corrected chi connectivity index (χ1v) is 11.2. The first kappa shape index (κ1) is 23.5. The Morgan fingerprint density at radius 3 is 2.29 bits per heavy atom. The Bertz CT molecular complexity index is 1370. The van der Waals surface area contributed by atoms with Crippen LogP contribution in [0.1, 0.15) is 28.7 Å². The molecule has 0 bridgehead atoms. The highest BCUT2D eigenvalue weighted by molar-refractivity contribution is 5.88. The molecule has 172 valence electrons. The van der Waals surface area contributed by atoms with Gasteiger partial charge in [-0.3, -0.25) is 0 Å². The molecular weight excluding hydrogens is 435 g/mol. The van der Waals surface area contributed by atoms with Crippen molar-refractivity contribution in [1.82, 2.24) is 0 Å². The van der Waals surface area contributed by atoms with Crippen molar-refractivity contribution < 1.29 is 17.9 Å². The summed E-state index contributed by atoms with van der Waals surface area (Å²) < 4.78 is 48.8. The van der Waals surface area contributed by atoms with Gasteiger partial charge >= 0.3 is 0 Å². The van der Waals surface area contributed by atoms with Crippen LogP contribution in [0.25, 0.3) is 21.9 Å². The monoisotopic (exact) mass is 459 g/mol. The smallest absolute Gasteiger partial charge is 0.141 e. The summed E-state index contributed by atoms with van der Waals surface area (Å²) in [5, 5.41) is 10.00. The van der Waals surface area contributed by atoms with Gasteiger partial charge in [-0.25, -0.2) is 13.2 Å². The standard InChI is InChI=1S/C29H24F3NO/c1-34-14-2-3-19-6-12-25(28(31)16-19)22-11-13-26-23(17-22)10-9-21(29(26)32)7-4-20-5-8-24(18-33)27(30)15-20/h5-6,8-13,15-17H,2-4,7,14H2,1H3. The highest BCUT2D eigenvalue weighted by Crippen LogP contribution is 2.30. The van der Waals surface area contributed by atoms with Gasteiger partial charge in [0.2, 0.25) is 0 Å². The number of benzene rings is 4. The molecule has 0 saturated carbocycles. The van der Waals surface area contributed by atoms with Crippen LogP contribution in [0.4, 0.5) is 13.2 Å². The van der Waals surface area contributed by atoms with E-state index in [1.165, 1.54) is 12.1 Å². The lowest BCUT2D eigenvalue weighted by molar-refractivity contribution is 0.195. The van der Waals surface area contributed by atoms with E-state index in [1.54, 1.807) is 55.6 Å². The van der Waals surface area contributed by atoms with Crippen LogP contribution in [-0.2, 0) is 24.0 Å². The Labute approximate surface area is 197 Å². The first-order valence-electron chi connectivity index (χ1n) is 11.2. The quantitative estimate of drug-likeness (QED) is 0.262. The predicted octanol–water partition coefficient (Wildman–Crippen LogP) is 7.16. The molecule has 0 unspecified atom stereocenters. The van der Waals surface area contributed by atoms with Crippen molar-refractivity contribution in [1.29, 1.82) is 5.26 Å². The molecule has 0 amide bonds. The third-order valence-electron chi connectivity index (χ3n) is 6.03. The predicted molar refractivity (Wildman–Crippen MR) is 128 cm³/mol. The maximum atomic E-state index is 15.2. The van der Waals surface area contributed by atoms with E-state index in [0.717, 1.165) is 18.4 Å². The fourth-order valence-electron chi connectivity index (χ4n) is 4.15. The summed E-state index contributed by atoms with van der Waals surface area (Å²) in [6.45, 7) is 0.631.